The molecule has 1 aromatic rings. The van der Waals surface area contributed by atoms with Gasteiger partial charge in [0.2, 0.25) is 0 Å². The van der Waals surface area contributed by atoms with Crippen molar-refractivity contribution >= 4 is 27.8 Å². The van der Waals surface area contributed by atoms with Gasteiger partial charge in [-0.1, -0.05) is 13.8 Å². The molecule has 0 bridgehead atoms. The van der Waals surface area contributed by atoms with Crippen molar-refractivity contribution in [2.45, 2.75) is 40.0 Å². The molecule has 1 fully saturated rings. The molecule has 0 amide bonds. The molecule has 0 unspecified atom stereocenters. The van der Waals surface area contributed by atoms with E-state index in [0.717, 1.165) is 18.1 Å². The predicted octanol–water partition coefficient (Wildman–Crippen LogP) is 3.55. The average molecular weight is 266 g/mol. The summed E-state index contributed by atoms with van der Waals surface area (Å²) < 4.78 is 0. The fourth-order valence-electron chi connectivity index (χ4n) is 2.47. The molecule has 18 heavy (non-hydrogen) atoms. The molecule has 3 nitrogen and oxygen atoms in total. The van der Waals surface area contributed by atoms with Gasteiger partial charge in [-0.3, -0.25) is 4.79 Å². The van der Waals surface area contributed by atoms with E-state index in [1.54, 1.807) is 6.92 Å². The van der Waals surface area contributed by atoms with E-state index in [1.807, 2.05) is 6.07 Å². The van der Waals surface area contributed by atoms with Gasteiger partial charge in [-0.15, -0.1) is 11.3 Å². The van der Waals surface area contributed by atoms with E-state index in [1.165, 1.54) is 30.6 Å². The number of nitrogens with zero attached hydrogens (tertiary/aromatic N) is 1. The Kier molecular flexibility index (Phi) is 3.66. The van der Waals surface area contributed by atoms with E-state index >= 15 is 0 Å². The summed E-state index contributed by atoms with van der Waals surface area (Å²) in [6.45, 7) is 8.38. The van der Waals surface area contributed by atoms with Gasteiger partial charge in [-0.2, -0.15) is 0 Å². The van der Waals surface area contributed by atoms with Gasteiger partial charge in [-0.05, 0) is 30.7 Å². The van der Waals surface area contributed by atoms with Gasteiger partial charge in [0, 0.05) is 20.0 Å². The smallest absolute Gasteiger partial charge is 0.171 e. The molecular weight excluding hydrogens is 244 g/mol. The summed E-state index contributed by atoms with van der Waals surface area (Å²) in [4.78, 5) is 14.5. The molecule has 0 atom stereocenters. The van der Waals surface area contributed by atoms with Gasteiger partial charge >= 0.3 is 0 Å². The highest BCUT2D eigenvalue weighted by Gasteiger charge is 2.24. The number of carbonyl (C=O) groups excluding carboxylic acids is 1. The van der Waals surface area contributed by atoms with Gasteiger partial charge < -0.3 is 10.6 Å². The van der Waals surface area contributed by atoms with Crippen LogP contribution in [0.3, 0.4) is 0 Å². The molecule has 0 aromatic carbocycles. The predicted molar refractivity (Wildman–Crippen MR) is 78.6 cm³/mol. The van der Waals surface area contributed by atoms with Gasteiger partial charge in [0.25, 0.3) is 0 Å². The first kappa shape index (κ1) is 13.4. The number of carbonyl (C=O) groups is 1. The molecule has 0 radical (unpaired) electrons. The first-order chi connectivity index (χ1) is 8.39. The third-order valence-corrected chi connectivity index (χ3v) is 5.03. The number of nitrogen functional groups attached to an aromatic ring is 1. The molecule has 1 aliphatic heterocycles. The summed E-state index contributed by atoms with van der Waals surface area (Å²) in [5.74, 6) is 0.0684. The van der Waals surface area contributed by atoms with Crippen molar-refractivity contribution < 1.29 is 4.79 Å². The number of hydrogen-bond donors (Lipinski definition) is 1. The minimum Gasteiger partial charge on any atom is -0.397 e. The zero-order chi connectivity index (χ0) is 13.3. The van der Waals surface area contributed by atoms with E-state index in [4.69, 9.17) is 5.73 Å². The second-order valence-corrected chi connectivity index (χ2v) is 6.96. The van der Waals surface area contributed by atoms with Crippen molar-refractivity contribution in [3.63, 3.8) is 0 Å². The van der Waals surface area contributed by atoms with Crippen LogP contribution in [-0.2, 0) is 0 Å². The lowest BCUT2D eigenvalue weighted by molar-refractivity contribution is 0.102. The molecule has 2 rings (SSSR count). The zero-order valence-electron chi connectivity index (χ0n) is 11.5. The van der Waals surface area contributed by atoms with E-state index < -0.39 is 0 Å². The van der Waals surface area contributed by atoms with Crippen LogP contribution in [0.4, 0.5) is 10.7 Å². The number of nitrogens with two attached hydrogens (primary N) is 1. The first-order valence-electron chi connectivity index (χ1n) is 6.54. The van der Waals surface area contributed by atoms with Crippen molar-refractivity contribution in [1.82, 2.24) is 0 Å². The van der Waals surface area contributed by atoms with Crippen LogP contribution in [0.1, 0.15) is 49.7 Å². The largest absolute Gasteiger partial charge is 0.397 e. The molecule has 0 aliphatic carbocycles. The molecule has 100 valence electrons. The number of thiophene rings is 1. The maximum absolute atomic E-state index is 11.4. The van der Waals surface area contributed by atoms with Crippen LogP contribution >= 0.6 is 11.3 Å². The molecule has 1 saturated heterocycles. The lowest BCUT2D eigenvalue weighted by atomic mass is 9.85. The van der Waals surface area contributed by atoms with Crippen LogP contribution in [0.5, 0.6) is 0 Å². The molecule has 0 spiro atoms. The number of ketones is 1. The van der Waals surface area contributed by atoms with E-state index in [0.29, 0.717) is 16.0 Å². The standard InChI is InChI=1S/C14H22N2OS/c1-10(17)13-11(15)9-12(18-13)16-7-4-5-14(2,3)6-8-16/h9H,4-8,15H2,1-3H3. The Balaban J connectivity index is 2.17. The molecule has 2 N–H and O–H groups in total. The Hall–Kier alpha value is -1.03. The maximum atomic E-state index is 11.4. The number of rotatable bonds is 2. The van der Waals surface area contributed by atoms with Gasteiger partial charge in [0.15, 0.2) is 5.78 Å². The van der Waals surface area contributed by atoms with Crippen LogP contribution in [-0.4, -0.2) is 18.9 Å². The molecule has 4 heteroatoms. The average Bonchev–Trinajstić information content (AvgIpc) is 2.55. The zero-order valence-corrected chi connectivity index (χ0v) is 12.3. The fourth-order valence-corrected chi connectivity index (χ4v) is 3.49. The summed E-state index contributed by atoms with van der Waals surface area (Å²) in [6.07, 6.45) is 3.67. The highest BCUT2D eigenvalue weighted by molar-refractivity contribution is 7.18. The van der Waals surface area contributed by atoms with E-state index in [2.05, 4.69) is 18.7 Å². The van der Waals surface area contributed by atoms with Crippen molar-refractivity contribution in [2.24, 2.45) is 5.41 Å². The highest BCUT2D eigenvalue weighted by atomic mass is 32.1. The SMILES string of the molecule is CC(=O)c1sc(N2CCCC(C)(C)CC2)cc1N. The lowest BCUT2D eigenvalue weighted by Crippen LogP contribution is -2.24. The van der Waals surface area contributed by atoms with Crippen LogP contribution in [0, 0.1) is 5.41 Å². The van der Waals surface area contributed by atoms with Crippen LogP contribution < -0.4 is 10.6 Å². The summed E-state index contributed by atoms with van der Waals surface area (Å²) in [5, 5.41) is 1.15. The third kappa shape index (κ3) is 2.86. The van der Waals surface area contributed by atoms with Crippen molar-refractivity contribution in [1.29, 1.82) is 0 Å². The van der Waals surface area contributed by atoms with E-state index in [9.17, 15) is 4.79 Å². The first-order valence-corrected chi connectivity index (χ1v) is 7.36. The van der Waals surface area contributed by atoms with E-state index in [-0.39, 0.29) is 5.78 Å². The Morgan fingerprint density at radius 2 is 2.11 bits per heavy atom. The quantitative estimate of drug-likeness (QED) is 0.833. The molecule has 1 aliphatic rings. The normalized spacial score (nSPS) is 19.6. The fraction of sp³-hybridized carbons (Fsp3) is 0.643. The van der Waals surface area contributed by atoms with Crippen LogP contribution in [0.2, 0.25) is 0 Å². The van der Waals surface area contributed by atoms with Crippen molar-refractivity contribution in [3.8, 4) is 0 Å². The van der Waals surface area contributed by atoms with Gasteiger partial charge in [0.05, 0.1) is 15.6 Å². The monoisotopic (exact) mass is 266 g/mol. The Morgan fingerprint density at radius 1 is 1.39 bits per heavy atom. The Morgan fingerprint density at radius 3 is 2.72 bits per heavy atom. The lowest BCUT2D eigenvalue weighted by Gasteiger charge is -2.23. The summed E-state index contributed by atoms with van der Waals surface area (Å²) in [7, 11) is 0. The number of anilines is 2. The topological polar surface area (TPSA) is 46.3 Å². The minimum atomic E-state index is 0.0684. The maximum Gasteiger partial charge on any atom is 0.171 e. The Labute approximate surface area is 113 Å². The molecule has 2 heterocycles. The van der Waals surface area contributed by atoms with Crippen molar-refractivity contribution in [3.05, 3.63) is 10.9 Å². The van der Waals surface area contributed by atoms with Gasteiger partial charge in [-0.25, -0.2) is 0 Å². The molecule has 0 saturated carbocycles. The van der Waals surface area contributed by atoms with Crippen LogP contribution in [0.15, 0.2) is 6.07 Å². The summed E-state index contributed by atoms with van der Waals surface area (Å²) >= 11 is 1.53. The van der Waals surface area contributed by atoms with Gasteiger partial charge in [0.1, 0.15) is 0 Å². The molecule has 1 aromatic heterocycles. The number of Topliss-reactive ketones (excluding diaryl/α,β-unsaturated/α-hetero) is 1. The second kappa shape index (κ2) is 4.92. The third-order valence-electron chi connectivity index (χ3n) is 3.72. The van der Waals surface area contributed by atoms with Crippen LogP contribution in [0.25, 0.3) is 0 Å². The number of hydrogen-bond acceptors (Lipinski definition) is 4. The van der Waals surface area contributed by atoms with Crippen molar-refractivity contribution in [2.75, 3.05) is 23.7 Å². The highest BCUT2D eigenvalue weighted by Crippen LogP contribution is 2.36. The summed E-state index contributed by atoms with van der Waals surface area (Å²) in [6, 6.07) is 1.96. The minimum absolute atomic E-state index is 0.0684. The molecular formula is C14H22N2OS. The second-order valence-electron chi connectivity index (χ2n) is 5.93. The summed E-state index contributed by atoms with van der Waals surface area (Å²) in [5.41, 5.74) is 6.97. The Bertz CT molecular complexity index is 451.